The van der Waals surface area contributed by atoms with Crippen LogP contribution in [0.1, 0.15) is 37.9 Å². The van der Waals surface area contributed by atoms with Crippen LogP contribution in [0.2, 0.25) is 5.15 Å². The first-order chi connectivity index (χ1) is 8.07. The van der Waals surface area contributed by atoms with Gasteiger partial charge < -0.3 is 4.74 Å². The molecule has 0 aromatic carbocycles. The molecule has 0 saturated heterocycles. The fourth-order valence-corrected chi connectivity index (χ4v) is 1.98. The molecule has 0 spiro atoms. The Morgan fingerprint density at radius 3 is 2.76 bits per heavy atom. The van der Waals surface area contributed by atoms with Gasteiger partial charge in [-0.2, -0.15) is 5.26 Å². The number of pyridine rings is 1. The zero-order chi connectivity index (χ0) is 12.9. The van der Waals surface area contributed by atoms with Crippen molar-refractivity contribution in [2.24, 2.45) is 0 Å². The maximum Gasteiger partial charge on any atom is 0.145 e. The summed E-state index contributed by atoms with van der Waals surface area (Å²) >= 11 is 5.81. The second-order valence-corrected chi connectivity index (χ2v) is 4.69. The van der Waals surface area contributed by atoms with Gasteiger partial charge in [0.15, 0.2) is 0 Å². The molecule has 1 heterocycles. The molecule has 0 aliphatic carbocycles. The van der Waals surface area contributed by atoms with E-state index in [1.54, 1.807) is 13.2 Å². The normalized spacial score (nSPS) is 14.1. The summed E-state index contributed by atoms with van der Waals surface area (Å²) < 4.78 is 5.13. The molecule has 1 aromatic heterocycles. The first-order valence-electron chi connectivity index (χ1n) is 5.63. The lowest BCUT2D eigenvalue weighted by molar-refractivity contribution is 0.169. The number of methoxy groups -OCH3 is 1. The Morgan fingerprint density at radius 1 is 1.53 bits per heavy atom. The van der Waals surface area contributed by atoms with Gasteiger partial charge in [0.25, 0.3) is 0 Å². The molecule has 0 saturated carbocycles. The summed E-state index contributed by atoms with van der Waals surface area (Å²) in [5.74, 6) is 0. The molecular formula is C13H17ClN2O. The fourth-order valence-electron chi connectivity index (χ4n) is 1.84. The van der Waals surface area contributed by atoms with Gasteiger partial charge in [0, 0.05) is 13.7 Å². The lowest BCUT2D eigenvalue weighted by atomic mass is 9.77. The third-order valence-electron chi connectivity index (χ3n) is 3.26. The van der Waals surface area contributed by atoms with Crippen LogP contribution < -0.4 is 0 Å². The highest BCUT2D eigenvalue weighted by atomic mass is 35.5. The molecule has 1 aromatic rings. The van der Waals surface area contributed by atoms with Crippen LogP contribution >= 0.6 is 11.6 Å². The van der Waals surface area contributed by atoms with Crippen LogP contribution in [0.15, 0.2) is 12.1 Å². The van der Waals surface area contributed by atoms with Crippen molar-refractivity contribution in [2.45, 2.75) is 32.1 Å². The number of halogens is 1. The molecule has 1 unspecified atom stereocenters. The van der Waals surface area contributed by atoms with Gasteiger partial charge in [-0.3, -0.25) is 0 Å². The van der Waals surface area contributed by atoms with Crippen molar-refractivity contribution in [3.8, 4) is 6.07 Å². The molecule has 0 fully saturated rings. The van der Waals surface area contributed by atoms with Gasteiger partial charge >= 0.3 is 0 Å². The SMILES string of the molecule is CCC(C)(CCOC)c1ccc(Cl)nc1C#N. The zero-order valence-corrected chi connectivity index (χ0v) is 11.2. The summed E-state index contributed by atoms with van der Waals surface area (Å²) in [5, 5.41) is 9.48. The summed E-state index contributed by atoms with van der Waals surface area (Å²) in [7, 11) is 1.68. The van der Waals surface area contributed by atoms with Crippen molar-refractivity contribution in [3.63, 3.8) is 0 Å². The smallest absolute Gasteiger partial charge is 0.145 e. The Balaban J connectivity index is 3.15. The molecule has 0 bridgehead atoms. The van der Waals surface area contributed by atoms with E-state index in [9.17, 15) is 0 Å². The van der Waals surface area contributed by atoms with Gasteiger partial charge in [0.05, 0.1) is 0 Å². The van der Waals surface area contributed by atoms with E-state index in [2.05, 4.69) is 24.9 Å². The molecule has 92 valence electrons. The number of ether oxygens (including phenoxy) is 1. The predicted molar refractivity (Wildman–Crippen MR) is 68.1 cm³/mol. The van der Waals surface area contributed by atoms with Crippen molar-refractivity contribution < 1.29 is 4.74 Å². The van der Waals surface area contributed by atoms with E-state index in [-0.39, 0.29) is 5.41 Å². The van der Waals surface area contributed by atoms with Crippen LogP contribution in [-0.2, 0) is 10.2 Å². The third kappa shape index (κ3) is 3.18. The van der Waals surface area contributed by atoms with E-state index >= 15 is 0 Å². The summed E-state index contributed by atoms with van der Waals surface area (Å²) in [4.78, 5) is 4.08. The average molecular weight is 253 g/mol. The highest BCUT2D eigenvalue weighted by molar-refractivity contribution is 6.29. The van der Waals surface area contributed by atoms with Gasteiger partial charge in [-0.05, 0) is 29.9 Å². The van der Waals surface area contributed by atoms with Crippen LogP contribution in [0.3, 0.4) is 0 Å². The molecule has 0 radical (unpaired) electrons. The fraction of sp³-hybridized carbons (Fsp3) is 0.538. The molecular weight excluding hydrogens is 236 g/mol. The maximum absolute atomic E-state index is 9.12. The minimum atomic E-state index is -0.0985. The quantitative estimate of drug-likeness (QED) is 0.756. The van der Waals surface area contributed by atoms with Gasteiger partial charge in [-0.1, -0.05) is 31.5 Å². The molecule has 4 heteroatoms. The Morgan fingerprint density at radius 2 is 2.24 bits per heavy atom. The van der Waals surface area contributed by atoms with Crippen LogP contribution in [0.5, 0.6) is 0 Å². The third-order valence-corrected chi connectivity index (χ3v) is 3.47. The Hall–Kier alpha value is -1.11. The molecule has 0 amide bonds. The first kappa shape index (κ1) is 14.0. The van der Waals surface area contributed by atoms with E-state index < -0.39 is 0 Å². The van der Waals surface area contributed by atoms with Crippen LogP contribution in [0, 0.1) is 11.3 Å². The Kier molecular flexibility index (Phi) is 4.92. The van der Waals surface area contributed by atoms with Crippen LogP contribution in [-0.4, -0.2) is 18.7 Å². The van der Waals surface area contributed by atoms with Crippen molar-refractivity contribution >= 4 is 11.6 Å². The highest BCUT2D eigenvalue weighted by Gasteiger charge is 2.27. The van der Waals surface area contributed by atoms with Gasteiger partial charge in [-0.25, -0.2) is 4.98 Å². The summed E-state index contributed by atoms with van der Waals surface area (Å²) in [5.41, 5.74) is 1.26. The number of nitriles is 1. The monoisotopic (exact) mass is 252 g/mol. The Labute approximate surface area is 107 Å². The summed E-state index contributed by atoms with van der Waals surface area (Å²) in [6.07, 6.45) is 1.78. The lowest BCUT2D eigenvalue weighted by Gasteiger charge is -2.29. The molecule has 0 N–H and O–H groups in total. The lowest BCUT2D eigenvalue weighted by Crippen LogP contribution is -2.24. The second kappa shape index (κ2) is 6.00. The van der Waals surface area contributed by atoms with E-state index in [0.29, 0.717) is 17.5 Å². The second-order valence-electron chi connectivity index (χ2n) is 4.30. The van der Waals surface area contributed by atoms with Gasteiger partial charge in [-0.15, -0.1) is 0 Å². The molecule has 1 rings (SSSR count). The minimum absolute atomic E-state index is 0.0985. The summed E-state index contributed by atoms with van der Waals surface area (Å²) in [6.45, 7) is 4.89. The number of hydrogen-bond donors (Lipinski definition) is 0. The molecule has 17 heavy (non-hydrogen) atoms. The zero-order valence-electron chi connectivity index (χ0n) is 10.5. The number of nitrogens with zero attached hydrogens (tertiary/aromatic N) is 2. The largest absolute Gasteiger partial charge is 0.385 e. The average Bonchev–Trinajstić information content (AvgIpc) is 2.35. The van der Waals surface area contributed by atoms with E-state index in [4.69, 9.17) is 21.6 Å². The number of hydrogen-bond acceptors (Lipinski definition) is 3. The van der Waals surface area contributed by atoms with Crippen LogP contribution in [0.25, 0.3) is 0 Å². The predicted octanol–water partition coefficient (Wildman–Crippen LogP) is 3.31. The molecule has 0 aliphatic rings. The van der Waals surface area contributed by atoms with E-state index in [1.165, 1.54) is 0 Å². The van der Waals surface area contributed by atoms with E-state index in [1.807, 2.05) is 6.07 Å². The van der Waals surface area contributed by atoms with Gasteiger partial charge in [0.2, 0.25) is 0 Å². The highest BCUT2D eigenvalue weighted by Crippen LogP contribution is 2.33. The summed E-state index contributed by atoms with van der Waals surface area (Å²) in [6, 6.07) is 5.75. The maximum atomic E-state index is 9.12. The van der Waals surface area contributed by atoms with E-state index in [0.717, 1.165) is 18.4 Å². The van der Waals surface area contributed by atoms with Crippen molar-refractivity contribution in [1.82, 2.24) is 4.98 Å². The standard InChI is InChI=1S/C13H17ClN2O/c1-4-13(2,7-8-17-3)10-5-6-12(14)16-11(10)9-15/h5-6H,4,7-8H2,1-3H3. The van der Waals surface area contributed by atoms with Gasteiger partial charge in [0.1, 0.15) is 16.9 Å². The first-order valence-corrected chi connectivity index (χ1v) is 6.01. The molecule has 1 atom stereocenters. The topological polar surface area (TPSA) is 45.9 Å². The number of rotatable bonds is 5. The minimum Gasteiger partial charge on any atom is -0.385 e. The molecule has 0 aliphatic heterocycles. The molecule has 3 nitrogen and oxygen atoms in total. The number of aromatic nitrogens is 1. The van der Waals surface area contributed by atoms with Crippen molar-refractivity contribution in [2.75, 3.05) is 13.7 Å². The Bertz CT molecular complexity index is 428. The van der Waals surface area contributed by atoms with Crippen molar-refractivity contribution in [1.29, 1.82) is 5.26 Å². The van der Waals surface area contributed by atoms with Crippen molar-refractivity contribution in [3.05, 3.63) is 28.5 Å². The van der Waals surface area contributed by atoms with Crippen LogP contribution in [0.4, 0.5) is 0 Å².